The fraction of sp³-hybridized carbons (Fsp3) is 0.294. The normalized spacial score (nSPS) is 11.9. The third-order valence-electron chi connectivity index (χ3n) is 2.94. The van der Waals surface area contributed by atoms with Gasteiger partial charge in [-0.3, -0.25) is 0 Å². The summed E-state index contributed by atoms with van der Waals surface area (Å²) < 4.78 is 11.6. The fourth-order valence-corrected chi connectivity index (χ4v) is 1.83. The average molecular weight is 271 g/mol. The second kappa shape index (κ2) is 6.96. The van der Waals surface area contributed by atoms with Gasteiger partial charge >= 0.3 is 0 Å². The molecular weight excluding hydrogens is 250 g/mol. The maximum atomic E-state index is 5.88. The van der Waals surface area contributed by atoms with Gasteiger partial charge in [0, 0.05) is 6.04 Å². The molecule has 0 bridgehead atoms. The van der Waals surface area contributed by atoms with Crippen LogP contribution >= 0.6 is 0 Å². The largest absolute Gasteiger partial charge is 0.490 e. The van der Waals surface area contributed by atoms with E-state index in [1.807, 2.05) is 55.5 Å². The summed E-state index contributed by atoms with van der Waals surface area (Å²) in [4.78, 5) is 0. The second-order valence-electron chi connectivity index (χ2n) is 4.75. The predicted octanol–water partition coefficient (Wildman–Crippen LogP) is 4.29. The first-order valence-electron chi connectivity index (χ1n) is 6.96. The minimum absolute atomic E-state index is 0.0317. The highest BCUT2D eigenvalue weighted by molar-refractivity contribution is 5.43. The lowest BCUT2D eigenvalue weighted by Crippen LogP contribution is -2.04. The van der Waals surface area contributed by atoms with Crippen LogP contribution in [0.25, 0.3) is 0 Å². The van der Waals surface area contributed by atoms with Crippen LogP contribution in [-0.4, -0.2) is 6.61 Å². The summed E-state index contributed by atoms with van der Waals surface area (Å²) >= 11 is 0. The van der Waals surface area contributed by atoms with Gasteiger partial charge in [-0.2, -0.15) is 0 Å². The van der Waals surface area contributed by atoms with Crippen molar-refractivity contribution in [3.63, 3.8) is 0 Å². The van der Waals surface area contributed by atoms with Crippen LogP contribution < -0.4 is 15.2 Å². The third kappa shape index (κ3) is 3.75. The summed E-state index contributed by atoms with van der Waals surface area (Å²) in [5.74, 6) is 2.28. The molecule has 2 aromatic rings. The first-order valence-corrected chi connectivity index (χ1v) is 6.96. The molecule has 0 saturated heterocycles. The van der Waals surface area contributed by atoms with Gasteiger partial charge in [0.15, 0.2) is 11.5 Å². The Morgan fingerprint density at radius 2 is 1.65 bits per heavy atom. The Bertz CT molecular complexity index is 535. The molecule has 0 fully saturated rings. The van der Waals surface area contributed by atoms with E-state index in [9.17, 15) is 0 Å². The summed E-state index contributed by atoms with van der Waals surface area (Å²) in [5.41, 5.74) is 6.93. The number of rotatable bonds is 6. The molecule has 0 heterocycles. The molecule has 0 amide bonds. The van der Waals surface area contributed by atoms with Crippen LogP contribution in [0.4, 0.5) is 0 Å². The lowest BCUT2D eigenvalue weighted by atomic mass is 10.1. The summed E-state index contributed by atoms with van der Waals surface area (Å²) in [6.45, 7) is 4.73. The van der Waals surface area contributed by atoms with Gasteiger partial charge in [-0.05, 0) is 43.2 Å². The van der Waals surface area contributed by atoms with Gasteiger partial charge in [-0.15, -0.1) is 0 Å². The molecule has 3 nitrogen and oxygen atoms in total. The van der Waals surface area contributed by atoms with Crippen LogP contribution in [0.2, 0.25) is 0 Å². The van der Waals surface area contributed by atoms with Crippen LogP contribution in [0.5, 0.6) is 17.2 Å². The van der Waals surface area contributed by atoms with Crippen molar-refractivity contribution in [1.29, 1.82) is 0 Å². The van der Waals surface area contributed by atoms with Gasteiger partial charge < -0.3 is 15.2 Å². The number of ether oxygens (including phenoxy) is 2. The van der Waals surface area contributed by atoms with E-state index in [0.717, 1.165) is 29.2 Å². The molecule has 0 unspecified atom stereocenters. The average Bonchev–Trinajstić information content (AvgIpc) is 2.47. The smallest absolute Gasteiger partial charge is 0.169 e. The molecule has 0 radical (unpaired) electrons. The molecule has 0 spiro atoms. The van der Waals surface area contributed by atoms with E-state index < -0.39 is 0 Å². The molecule has 0 aliphatic carbocycles. The Labute approximate surface area is 120 Å². The Balaban J connectivity index is 2.13. The zero-order valence-corrected chi connectivity index (χ0v) is 12.0. The monoisotopic (exact) mass is 271 g/mol. The maximum absolute atomic E-state index is 5.88. The standard InChI is InChI=1S/C17H21NO2/c1-3-12-19-16-6-4-5-7-17(16)20-15-10-8-14(9-11-15)13(2)18/h4-11,13H,3,12,18H2,1-2H3/t13-/m1/s1. The molecule has 0 aliphatic rings. The molecule has 106 valence electrons. The van der Waals surface area contributed by atoms with Crippen molar-refractivity contribution in [2.24, 2.45) is 5.73 Å². The van der Waals surface area contributed by atoms with Crippen molar-refractivity contribution >= 4 is 0 Å². The highest BCUT2D eigenvalue weighted by Gasteiger charge is 2.06. The van der Waals surface area contributed by atoms with Gasteiger partial charge in [0.1, 0.15) is 5.75 Å². The first-order chi connectivity index (χ1) is 9.70. The second-order valence-corrected chi connectivity index (χ2v) is 4.75. The molecule has 3 heteroatoms. The Hall–Kier alpha value is -2.00. The van der Waals surface area contributed by atoms with E-state index in [-0.39, 0.29) is 6.04 Å². The fourth-order valence-electron chi connectivity index (χ4n) is 1.83. The number of hydrogen-bond donors (Lipinski definition) is 1. The summed E-state index contributed by atoms with van der Waals surface area (Å²) in [5, 5.41) is 0. The van der Waals surface area contributed by atoms with E-state index in [1.54, 1.807) is 0 Å². The van der Waals surface area contributed by atoms with Gasteiger partial charge in [0.2, 0.25) is 0 Å². The van der Waals surface area contributed by atoms with E-state index >= 15 is 0 Å². The number of benzene rings is 2. The van der Waals surface area contributed by atoms with E-state index in [4.69, 9.17) is 15.2 Å². The van der Waals surface area contributed by atoms with Crippen LogP contribution in [0.15, 0.2) is 48.5 Å². The molecule has 2 aromatic carbocycles. The molecule has 0 saturated carbocycles. The molecule has 1 atom stereocenters. The molecule has 2 rings (SSSR count). The van der Waals surface area contributed by atoms with Crippen LogP contribution in [0, 0.1) is 0 Å². The van der Waals surface area contributed by atoms with Crippen molar-refractivity contribution in [2.75, 3.05) is 6.61 Å². The van der Waals surface area contributed by atoms with Crippen LogP contribution in [0.1, 0.15) is 31.9 Å². The van der Waals surface area contributed by atoms with Crippen molar-refractivity contribution in [3.8, 4) is 17.2 Å². The van der Waals surface area contributed by atoms with Gasteiger partial charge in [-0.1, -0.05) is 31.2 Å². The summed E-state index contributed by atoms with van der Waals surface area (Å²) in [6, 6.07) is 15.5. The van der Waals surface area contributed by atoms with Crippen molar-refractivity contribution in [1.82, 2.24) is 0 Å². The highest BCUT2D eigenvalue weighted by Crippen LogP contribution is 2.31. The van der Waals surface area contributed by atoms with Gasteiger partial charge in [-0.25, -0.2) is 0 Å². The zero-order chi connectivity index (χ0) is 14.4. The number of hydrogen-bond acceptors (Lipinski definition) is 3. The summed E-state index contributed by atoms with van der Waals surface area (Å²) in [6.07, 6.45) is 0.970. The third-order valence-corrected chi connectivity index (χ3v) is 2.94. The Morgan fingerprint density at radius 3 is 2.25 bits per heavy atom. The summed E-state index contributed by atoms with van der Waals surface area (Å²) in [7, 11) is 0. The lowest BCUT2D eigenvalue weighted by Gasteiger charge is -2.12. The Morgan fingerprint density at radius 1 is 1.00 bits per heavy atom. The minimum Gasteiger partial charge on any atom is -0.490 e. The number of nitrogens with two attached hydrogens (primary N) is 1. The van der Waals surface area contributed by atoms with Crippen molar-refractivity contribution in [2.45, 2.75) is 26.3 Å². The molecule has 0 aliphatic heterocycles. The lowest BCUT2D eigenvalue weighted by molar-refractivity contribution is 0.302. The van der Waals surface area contributed by atoms with E-state index in [2.05, 4.69) is 6.92 Å². The van der Waals surface area contributed by atoms with E-state index in [1.165, 1.54) is 0 Å². The maximum Gasteiger partial charge on any atom is 0.169 e. The van der Waals surface area contributed by atoms with E-state index in [0.29, 0.717) is 6.61 Å². The zero-order valence-electron chi connectivity index (χ0n) is 12.0. The Kier molecular flexibility index (Phi) is 5.02. The number of para-hydroxylation sites is 2. The van der Waals surface area contributed by atoms with Crippen molar-refractivity contribution in [3.05, 3.63) is 54.1 Å². The first kappa shape index (κ1) is 14.4. The molecule has 2 N–H and O–H groups in total. The van der Waals surface area contributed by atoms with Crippen LogP contribution in [-0.2, 0) is 0 Å². The molecule has 0 aromatic heterocycles. The predicted molar refractivity (Wildman–Crippen MR) is 81.3 cm³/mol. The SMILES string of the molecule is CCCOc1ccccc1Oc1ccc([C@@H](C)N)cc1. The minimum atomic E-state index is 0.0317. The van der Waals surface area contributed by atoms with Gasteiger partial charge in [0.05, 0.1) is 6.61 Å². The topological polar surface area (TPSA) is 44.5 Å². The molecular formula is C17H21NO2. The van der Waals surface area contributed by atoms with Crippen molar-refractivity contribution < 1.29 is 9.47 Å². The highest BCUT2D eigenvalue weighted by atomic mass is 16.5. The van der Waals surface area contributed by atoms with Crippen LogP contribution in [0.3, 0.4) is 0 Å². The quantitative estimate of drug-likeness (QED) is 0.852. The van der Waals surface area contributed by atoms with Gasteiger partial charge in [0.25, 0.3) is 0 Å². The molecule has 20 heavy (non-hydrogen) atoms.